The molecule has 4 rings (SSSR count). The lowest BCUT2D eigenvalue weighted by atomic mass is 9.98. The van der Waals surface area contributed by atoms with Gasteiger partial charge < -0.3 is 20.1 Å². The molecule has 2 atom stereocenters. The van der Waals surface area contributed by atoms with Crippen LogP contribution in [0, 0.1) is 0 Å². The Labute approximate surface area is 209 Å². The van der Waals surface area contributed by atoms with Gasteiger partial charge in [0, 0.05) is 23.8 Å². The summed E-state index contributed by atoms with van der Waals surface area (Å²) in [5, 5.41) is 12.0. The van der Waals surface area contributed by atoms with Crippen molar-refractivity contribution in [2.24, 2.45) is 0 Å². The van der Waals surface area contributed by atoms with Crippen molar-refractivity contribution in [3.63, 3.8) is 0 Å². The fraction of sp³-hybridized carbons (Fsp3) is 0.370. The molecule has 0 radical (unpaired) electrons. The second-order valence-electron chi connectivity index (χ2n) is 8.74. The molecular weight excluding hydrogens is 464 g/mol. The van der Waals surface area contributed by atoms with Crippen LogP contribution >= 0.6 is 11.8 Å². The Kier molecular flexibility index (Phi) is 7.80. The van der Waals surface area contributed by atoms with Gasteiger partial charge in [-0.25, -0.2) is 9.59 Å². The van der Waals surface area contributed by atoms with Crippen molar-refractivity contribution in [3.8, 4) is 11.1 Å². The van der Waals surface area contributed by atoms with E-state index in [4.69, 9.17) is 4.74 Å². The Morgan fingerprint density at radius 3 is 2.34 bits per heavy atom. The molecule has 2 unspecified atom stereocenters. The maximum atomic E-state index is 13.0. The summed E-state index contributed by atoms with van der Waals surface area (Å²) < 4.78 is 5.52. The largest absolute Gasteiger partial charge is 0.480 e. The number of aliphatic carboxylic acids is 1. The molecule has 1 aliphatic heterocycles. The van der Waals surface area contributed by atoms with Crippen molar-refractivity contribution < 1.29 is 24.2 Å². The van der Waals surface area contributed by atoms with Crippen molar-refractivity contribution >= 4 is 29.7 Å². The average Bonchev–Trinajstić information content (AvgIpc) is 3.42. The number of alkyl carbamates (subject to hydrolysis) is 1. The maximum Gasteiger partial charge on any atom is 0.407 e. The van der Waals surface area contributed by atoms with Gasteiger partial charge in [-0.1, -0.05) is 68.0 Å². The molecule has 7 nitrogen and oxygen atoms in total. The van der Waals surface area contributed by atoms with E-state index in [-0.39, 0.29) is 30.4 Å². The predicted molar refractivity (Wildman–Crippen MR) is 136 cm³/mol. The smallest absolute Gasteiger partial charge is 0.407 e. The monoisotopic (exact) mass is 494 g/mol. The van der Waals surface area contributed by atoms with Crippen molar-refractivity contribution in [2.45, 2.75) is 44.0 Å². The predicted octanol–water partition coefficient (Wildman–Crippen LogP) is 4.63. The van der Waals surface area contributed by atoms with Crippen molar-refractivity contribution in [3.05, 3.63) is 71.3 Å². The minimum atomic E-state index is -0.992. The van der Waals surface area contributed by atoms with Gasteiger partial charge in [0.1, 0.15) is 12.6 Å². The van der Waals surface area contributed by atoms with E-state index < -0.39 is 18.1 Å². The minimum absolute atomic E-state index is 0.0249. The third kappa shape index (κ3) is 5.22. The number of ether oxygens (including phenoxy) is 1. The average molecular weight is 495 g/mol. The number of carbonyl (C=O) groups is 3. The molecule has 1 aliphatic carbocycles. The first-order valence-corrected chi connectivity index (χ1v) is 12.9. The van der Waals surface area contributed by atoms with Gasteiger partial charge in [-0.3, -0.25) is 4.79 Å². The quantitative estimate of drug-likeness (QED) is 0.520. The third-order valence-electron chi connectivity index (χ3n) is 6.48. The lowest BCUT2D eigenvalue weighted by Gasteiger charge is -2.27. The first kappa shape index (κ1) is 24.9. The van der Waals surface area contributed by atoms with E-state index in [1.54, 1.807) is 13.0 Å². The van der Waals surface area contributed by atoms with Crippen LogP contribution in [0.15, 0.2) is 60.2 Å². The molecule has 1 heterocycles. The number of rotatable bonds is 8. The number of nitrogens with one attached hydrogen (secondary N) is 1. The topological polar surface area (TPSA) is 95.9 Å². The number of hydrogen-bond acceptors (Lipinski definition) is 5. The number of thioether (sulfide) groups is 1. The van der Waals surface area contributed by atoms with Crippen molar-refractivity contribution in [1.29, 1.82) is 0 Å². The van der Waals surface area contributed by atoms with Gasteiger partial charge in [-0.2, -0.15) is 0 Å². The molecule has 1 fully saturated rings. The van der Waals surface area contributed by atoms with Gasteiger partial charge in [0.25, 0.3) is 5.91 Å². The highest BCUT2D eigenvalue weighted by Gasteiger charge is 2.41. The maximum absolute atomic E-state index is 13.0. The molecule has 2 aromatic carbocycles. The van der Waals surface area contributed by atoms with Gasteiger partial charge >= 0.3 is 12.1 Å². The fourth-order valence-electron chi connectivity index (χ4n) is 4.72. The van der Waals surface area contributed by atoms with E-state index in [1.165, 1.54) is 16.7 Å². The molecule has 2 amide bonds. The summed E-state index contributed by atoms with van der Waals surface area (Å²) in [7, 11) is 0. The zero-order valence-electron chi connectivity index (χ0n) is 19.9. The summed E-state index contributed by atoms with van der Waals surface area (Å²) in [6.45, 7) is 3.99. The molecule has 35 heavy (non-hydrogen) atoms. The van der Waals surface area contributed by atoms with Crippen LogP contribution in [0.2, 0.25) is 0 Å². The first-order valence-electron chi connectivity index (χ1n) is 11.8. The molecule has 0 aromatic heterocycles. The number of fused-ring (bicyclic) bond motifs is 3. The Morgan fingerprint density at radius 2 is 1.74 bits per heavy atom. The standard InChI is InChI=1S/C27H30N2O5S/c1-3-8-24-29(23(16-35-24)26(31)32)25(30)17(2)13-14-28-27(33)34-15-22-20-11-6-4-9-18(20)19-10-5-7-12-21(19)22/h4-7,9-13,22-24H,3,8,14-16H2,1-2H3,(H,28,33)(H,31,32)/b17-13+. The second-order valence-corrected chi connectivity index (χ2v) is 9.95. The van der Waals surface area contributed by atoms with Gasteiger partial charge in [-0.15, -0.1) is 11.8 Å². The molecular formula is C27H30N2O5S. The highest BCUT2D eigenvalue weighted by molar-refractivity contribution is 8.00. The van der Waals surface area contributed by atoms with Crippen molar-refractivity contribution in [2.75, 3.05) is 18.9 Å². The Morgan fingerprint density at radius 1 is 1.11 bits per heavy atom. The number of carboxylic acid groups (broad SMARTS) is 1. The molecule has 1 saturated heterocycles. The number of carboxylic acids is 1. The molecule has 2 N–H and O–H groups in total. The summed E-state index contributed by atoms with van der Waals surface area (Å²) in [6.07, 6.45) is 2.65. The Balaban J connectivity index is 1.33. The summed E-state index contributed by atoms with van der Waals surface area (Å²) in [5.41, 5.74) is 5.01. The zero-order valence-corrected chi connectivity index (χ0v) is 20.7. The van der Waals surface area contributed by atoms with Gasteiger partial charge in [0.05, 0.1) is 5.37 Å². The van der Waals surface area contributed by atoms with Crippen LogP contribution in [0.4, 0.5) is 4.79 Å². The van der Waals surface area contributed by atoms with E-state index in [1.807, 2.05) is 31.2 Å². The lowest BCUT2D eigenvalue weighted by Crippen LogP contribution is -2.46. The summed E-state index contributed by atoms with van der Waals surface area (Å²) in [5.74, 6) is -0.941. The van der Waals surface area contributed by atoms with E-state index in [9.17, 15) is 19.5 Å². The van der Waals surface area contributed by atoms with E-state index in [0.717, 1.165) is 35.1 Å². The number of nitrogens with zero attached hydrogens (tertiary/aromatic N) is 1. The van der Waals surface area contributed by atoms with Gasteiger partial charge in [0.2, 0.25) is 0 Å². The zero-order chi connectivity index (χ0) is 24.9. The number of amides is 2. The Hall–Kier alpha value is -3.26. The first-order chi connectivity index (χ1) is 16.9. The van der Waals surface area contributed by atoms with Crippen LogP contribution in [0.25, 0.3) is 11.1 Å². The van der Waals surface area contributed by atoms with Crippen molar-refractivity contribution in [1.82, 2.24) is 10.2 Å². The van der Waals surface area contributed by atoms with Gasteiger partial charge in [0.15, 0.2) is 0 Å². The van der Waals surface area contributed by atoms with Crippen LogP contribution in [-0.4, -0.2) is 58.3 Å². The summed E-state index contributed by atoms with van der Waals surface area (Å²) in [4.78, 5) is 38.5. The number of benzene rings is 2. The molecule has 184 valence electrons. The van der Waals surface area contributed by atoms with E-state index in [0.29, 0.717) is 11.3 Å². The van der Waals surface area contributed by atoms with Gasteiger partial charge in [-0.05, 0) is 35.6 Å². The van der Waals surface area contributed by atoms with Crippen LogP contribution in [0.3, 0.4) is 0 Å². The SMILES string of the molecule is CCCC1SCC(C(=O)O)N1C(=O)/C(C)=C/CNC(=O)OCC1c2ccccc2-c2ccccc21. The van der Waals surface area contributed by atoms with Crippen LogP contribution in [-0.2, 0) is 14.3 Å². The van der Waals surface area contributed by atoms with Crippen LogP contribution in [0.1, 0.15) is 43.7 Å². The minimum Gasteiger partial charge on any atom is -0.480 e. The summed E-state index contributed by atoms with van der Waals surface area (Å²) in [6, 6.07) is 15.4. The molecule has 0 spiro atoms. The fourth-order valence-corrected chi connectivity index (χ4v) is 6.24. The Bertz CT molecular complexity index is 1100. The number of hydrogen-bond donors (Lipinski definition) is 2. The number of carbonyl (C=O) groups excluding carboxylic acids is 2. The van der Waals surface area contributed by atoms with E-state index in [2.05, 4.69) is 29.6 Å². The summed E-state index contributed by atoms with van der Waals surface area (Å²) >= 11 is 1.50. The van der Waals surface area contributed by atoms with Crippen LogP contribution in [0.5, 0.6) is 0 Å². The normalized spacial score (nSPS) is 19.3. The van der Waals surface area contributed by atoms with E-state index >= 15 is 0 Å². The highest BCUT2D eigenvalue weighted by atomic mass is 32.2. The molecule has 2 aromatic rings. The second kappa shape index (κ2) is 11.0. The molecule has 0 bridgehead atoms. The molecule has 2 aliphatic rings. The molecule has 0 saturated carbocycles. The highest BCUT2D eigenvalue weighted by Crippen LogP contribution is 2.44. The van der Waals surface area contributed by atoms with Crippen LogP contribution < -0.4 is 5.32 Å². The molecule has 8 heteroatoms. The third-order valence-corrected chi connectivity index (χ3v) is 7.84. The lowest BCUT2D eigenvalue weighted by molar-refractivity contribution is -0.147.